The number of hydrazine groups is 1. The van der Waals surface area contributed by atoms with E-state index >= 15 is 0 Å². The van der Waals surface area contributed by atoms with Gasteiger partial charge in [0.05, 0.1) is 0 Å². The van der Waals surface area contributed by atoms with Crippen molar-refractivity contribution in [1.29, 1.82) is 0 Å². The standard InChI is InChI=1S/C16H18N4S/c1-19(2)13-10-8-12(9-11-13)15-17-18-16(21)20(15)14-6-4-3-5-7-14/h3-11,15,17H,1-2H3,(H,18,21). The first kappa shape index (κ1) is 13.9. The van der Waals surface area contributed by atoms with Crippen LogP contribution in [-0.2, 0) is 0 Å². The molecule has 0 bridgehead atoms. The number of hydrogen-bond donors (Lipinski definition) is 2. The van der Waals surface area contributed by atoms with E-state index in [0.717, 1.165) is 11.3 Å². The molecule has 1 heterocycles. The highest BCUT2D eigenvalue weighted by atomic mass is 32.1. The van der Waals surface area contributed by atoms with Crippen molar-refractivity contribution in [3.05, 3.63) is 60.2 Å². The van der Waals surface area contributed by atoms with E-state index in [4.69, 9.17) is 12.2 Å². The molecule has 1 atom stereocenters. The number of nitrogens with zero attached hydrogens (tertiary/aromatic N) is 2. The highest BCUT2D eigenvalue weighted by Crippen LogP contribution is 2.28. The van der Waals surface area contributed by atoms with Gasteiger partial charge in [-0.3, -0.25) is 10.3 Å². The first-order valence-electron chi connectivity index (χ1n) is 6.84. The Morgan fingerprint density at radius 2 is 1.67 bits per heavy atom. The van der Waals surface area contributed by atoms with Gasteiger partial charge >= 0.3 is 0 Å². The van der Waals surface area contributed by atoms with Crippen LogP contribution < -0.4 is 20.7 Å². The van der Waals surface area contributed by atoms with E-state index in [0.29, 0.717) is 5.11 Å². The maximum absolute atomic E-state index is 5.41. The average Bonchev–Trinajstić information content (AvgIpc) is 2.90. The molecule has 0 spiro atoms. The van der Waals surface area contributed by atoms with Crippen LogP contribution >= 0.6 is 12.2 Å². The van der Waals surface area contributed by atoms with Crippen LogP contribution in [0.5, 0.6) is 0 Å². The monoisotopic (exact) mass is 298 g/mol. The van der Waals surface area contributed by atoms with Gasteiger partial charge in [-0.1, -0.05) is 30.3 Å². The third-order valence-corrected chi connectivity index (χ3v) is 3.85. The summed E-state index contributed by atoms with van der Waals surface area (Å²) in [7, 11) is 4.07. The minimum atomic E-state index is -0.00360. The Morgan fingerprint density at radius 1 is 1.00 bits per heavy atom. The molecule has 4 nitrogen and oxygen atoms in total. The van der Waals surface area contributed by atoms with Gasteiger partial charge in [0.1, 0.15) is 6.17 Å². The summed E-state index contributed by atoms with van der Waals surface area (Å²) in [4.78, 5) is 4.17. The Hall–Kier alpha value is -2.11. The zero-order valence-electron chi connectivity index (χ0n) is 12.1. The van der Waals surface area contributed by atoms with Gasteiger partial charge in [0.2, 0.25) is 0 Å². The van der Waals surface area contributed by atoms with Crippen LogP contribution in [0.25, 0.3) is 0 Å². The Labute approximate surface area is 130 Å². The normalized spacial score (nSPS) is 17.7. The fourth-order valence-electron chi connectivity index (χ4n) is 2.41. The summed E-state index contributed by atoms with van der Waals surface area (Å²) < 4.78 is 0. The molecule has 5 heteroatoms. The number of para-hydroxylation sites is 1. The molecule has 1 saturated heterocycles. The average molecular weight is 298 g/mol. The summed E-state index contributed by atoms with van der Waals surface area (Å²) in [6, 6.07) is 18.6. The molecule has 2 N–H and O–H groups in total. The van der Waals surface area contributed by atoms with Crippen LogP contribution in [0.4, 0.5) is 11.4 Å². The fourth-order valence-corrected chi connectivity index (χ4v) is 2.68. The molecule has 0 saturated carbocycles. The molecule has 0 radical (unpaired) electrons. The molecule has 1 aliphatic heterocycles. The van der Waals surface area contributed by atoms with Crippen molar-refractivity contribution in [3.8, 4) is 0 Å². The first-order valence-corrected chi connectivity index (χ1v) is 7.25. The van der Waals surface area contributed by atoms with E-state index in [1.807, 2.05) is 32.3 Å². The van der Waals surface area contributed by atoms with Crippen molar-refractivity contribution in [2.75, 3.05) is 23.9 Å². The molecular formula is C16H18N4S. The van der Waals surface area contributed by atoms with Gasteiger partial charge < -0.3 is 4.90 Å². The number of rotatable bonds is 3. The summed E-state index contributed by atoms with van der Waals surface area (Å²) in [5, 5.41) is 0.683. The lowest BCUT2D eigenvalue weighted by Gasteiger charge is -2.25. The van der Waals surface area contributed by atoms with Crippen LogP contribution in [0.2, 0.25) is 0 Å². The molecule has 1 fully saturated rings. The van der Waals surface area contributed by atoms with Crippen molar-refractivity contribution in [1.82, 2.24) is 10.9 Å². The van der Waals surface area contributed by atoms with Crippen molar-refractivity contribution in [2.24, 2.45) is 0 Å². The SMILES string of the molecule is CN(C)c1ccc(C2NNC(=S)N2c2ccccc2)cc1. The number of benzene rings is 2. The lowest BCUT2D eigenvalue weighted by atomic mass is 10.1. The van der Waals surface area contributed by atoms with E-state index in [1.54, 1.807) is 0 Å². The van der Waals surface area contributed by atoms with Gasteiger partial charge in [0.15, 0.2) is 5.11 Å². The van der Waals surface area contributed by atoms with Gasteiger partial charge in [-0.25, -0.2) is 5.43 Å². The topological polar surface area (TPSA) is 30.5 Å². The molecule has 0 aromatic heterocycles. The third kappa shape index (κ3) is 2.70. The van der Waals surface area contributed by atoms with E-state index < -0.39 is 0 Å². The number of nitrogens with one attached hydrogen (secondary N) is 2. The maximum atomic E-state index is 5.41. The summed E-state index contributed by atoms with van der Waals surface area (Å²) in [6.07, 6.45) is -0.00360. The van der Waals surface area contributed by atoms with E-state index in [-0.39, 0.29) is 6.17 Å². The minimum absolute atomic E-state index is 0.00360. The van der Waals surface area contributed by atoms with Gasteiger partial charge in [0, 0.05) is 25.5 Å². The number of thiocarbonyl (C=S) groups is 1. The Balaban J connectivity index is 1.91. The van der Waals surface area contributed by atoms with Gasteiger partial charge in [0.25, 0.3) is 0 Å². The quantitative estimate of drug-likeness (QED) is 0.851. The third-order valence-electron chi connectivity index (χ3n) is 3.55. The minimum Gasteiger partial charge on any atom is -0.378 e. The van der Waals surface area contributed by atoms with Crippen molar-refractivity contribution >= 4 is 28.7 Å². The maximum Gasteiger partial charge on any atom is 0.189 e. The van der Waals surface area contributed by atoms with Crippen LogP contribution in [0, 0.1) is 0 Å². The summed E-state index contributed by atoms with van der Waals surface area (Å²) in [6.45, 7) is 0. The van der Waals surface area contributed by atoms with Crippen LogP contribution in [0.1, 0.15) is 11.7 Å². The molecule has 1 unspecified atom stereocenters. The molecule has 2 aromatic rings. The second kappa shape index (κ2) is 5.71. The van der Waals surface area contributed by atoms with Gasteiger partial charge in [-0.15, -0.1) is 0 Å². The van der Waals surface area contributed by atoms with Crippen molar-refractivity contribution in [3.63, 3.8) is 0 Å². The summed E-state index contributed by atoms with van der Waals surface area (Å²) in [5.74, 6) is 0. The first-order chi connectivity index (χ1) is 10.2. The van der Waals surface area contributed by atoms with Crippen molar-refractivity contribution < 1.29 is 0 Å². The highest BCUT2D eigenvalue weighted by molar-refractivity contribution is 7.80. The second-order valence-electron chi connectivity index (χ2n) is 5.17. The highest BCUT2D eigenvalue weighted by Gasteiger charge is 2.29. The molecule has 1 aliphatic rings. The Morgan fingerprint density at radius 3 is 2.29 bits per heavy atom. The number of hydrogen-bond acceptors (Lipinski definition) is 3. The fraction of sp³-hybridized carbons (Fsp3) is 0.188. The molecular weight excluding hydrogens is 280 g/mol. The van der Waals surface area contributed by atoms with Crippen LogP contribution in [-0.4, -0.2) is 19.2 Å². The lowest BCUT2D eigenvalue weighted by Crippen LogP contribution is -2.29. The largest absolute Gasteiger partial charge is 0.378 e. The van der Waals surface area contributed by atoms with E-state index in [9.17, 15) is 0 Å². The summed E-state index contributed by atoms with van der Waals surface area (Å²) in [5.41, 5.74) is 9.71. The number of anilines is 2. The smallest absolute Gasteiger partial charge is 0.189 e. The van der Waals surface area contributed by atoms with Crippen LogP contribution in [0.15, 0.2) is 54.6 Å². The Kier molecular flexibility index (Phi) is 3.77. The van der Waals surface area contributed by atoms with E-state index in [2.05, 4.69) is 57.0 Å². The molecule has 21 heavy (non-hydrogen) atoms. The van der Waals surface area contributed by atoms with Crippen molar-refractivity contribution in [2.45, 2.75) is 6.17 Å². The van der Waals surface area contributed by atoms with E-state index in [1.165, 1.54) is 5.69 Å². The second-order valence-corrected chi connectivity index (χ2v) is 5.56. The van der Waals surface area contributed by atoms with Gasteiger partial charge in [-0.2, -0.15) is 0 Å². The lowest BCUT2D eigenvalue weighted by molar-refractivity contribution is 0.586. The molecule has 2 aromatic carbocycles. The zero-order chi connectivity index (χ0) is 14.8. The van der Waals surface area contributed by atoms with Crippen LogP contribution in [0.3, 0.4) is 0 Å². The molecule has 3 rings (SSSR count). The predicted octanol–water partition coefficient (Wildman–Crippen LogP) is 2.65. The Bertz CT molecular complexity index is 624. The molecule has 108 valence electrons. The van der Waals surface area contributed by atoms with Gasteiger partial charge in [-0.05, 0) is 42.0 Å². The molecule has 0 amide bonds. The summed E-state index contributed by atoms with van der Waals surface area (Å²) >= 11 is 5.41. The molecule has 0 aliphatic carbocycles. The zero-order valence-corrected chi connectivity index (χ0v) is 12.9. The predicted molar refractivity (Wildman–Crippen MR) is 91.3 cm³/mol.